The van der Waals surface area contributed by atoms with Crippen LogP contribution in [0, 0.1) is 5.82 Å². The highest BCUT2D eigenvalue weighted by molar-refractivity contribution is 5.96. The number of pyridine rings is 1. The molecule has 0 bridgehead atoms. The Morgan fingerprint density at radius 2 is 1.85 bits per heavy atom. The second-order valence-electron chi connectivity index (χ2n) is 7.29. The summed E-state index contributed by atoms with van der Waals surface area (Å²) in [7, 11) is 4.06. The molecule has 1 saturated carbocycles. The van der Waals surface area contributed by atoms with Crippen LogP contribution in [0.15, 0.2) is 48.5 Å². The predicted molar refractivity (Wildman–Crippen MR) is 107 cm³/mol. The highest BCUT2D eigenvalue weighted by Crippen LogP contribution is 2.33. The van der Waals surface area contributed by atoms with Gasteiger partial charge in [-0.2, -0.15) is 0 Å². The van der Waals surface area contributed by atoms with E-state index in [2.05, 4.69) is 28.4 Å². The van der Waals surface area contributed by atoms with Gasteiger partial charge in [-0.15, -0.1) is 0 Å². The molecule has 0 atom stereocenters. The highest BCUT2D eigenvalue weighted by Gasteiger charge is 2.16. The summed E-state index contributed by atoms with van der Waals surface area (Å²) < 4.78 is 13.6. The lowest BCUT2D eigenvalue weighted by atomic mass is 10.1. The minimum absolute atomic E-state index is 0.244. The number of fused-ring (bicyclic) bond motifs is 1. The Morgan fingerprint density at radius 3 is 2.58 bits per heavy atom. The van der Waals surface area contributed by atoms with Gasteiger partial charge in [0.25, 0.3) is 0 Å². The average molecular weight is 349 g/mol. The fourth-order valence-corrected chi connectivity index (χ4v) is 3.77. The SMILES string of the molecule is CN(C)c1cc(-c2cccc(F)c2)nc2ccc(NC3CCCC3)cc12. The van der Waals surface area contributed by atoms with E-state index in [0.29, 0.717) is 6.04 Å². The molecular formula is C22H24FN3. The number of nitrogens with one attached hydrogen (secondary N) is 1. The maximum atomic E-state index is 13.6. The van der Waals surface area contributed by atoms with E-state index in [9.17, 15) is 4.39 Å². The van der Waals surface area contributed by atoms with Crippen molar-refractivity contribution in [3.8, 4) is 11.3 Å². The molecule has 26 heavy (non-hydrogen) atoms. The summed E-state index contributed by atoms with van der Waals surface area (Å²) >= 11 is 0. The van der Waals surface area contributed by atoms with Gasteiger partial charge in [0.05, 0.1) is 11.2 Å². The van der Waals surface area contributed by atoms with Crippen LogP contribution in [0.25, 0.3) is 22.2 Å². The second-order valence-corrected chi connectivity index (χ2v) is 7.29. The molecule has 4 heteroatoms. The van der Waals surface area contributed by atoms with E-state index in [-0.39, 0.29) is 5.82 Å². The van der Waals surface area contributed by atoms with Crippen LogP contribution in [-0.4, -0.2) is 25.1 Å². The van der Waals surface area contributed by atoms with Gasteiger partial charge in [-0.3, -0.25) is 0 Å². The Balaban J connectivity index is 1.78. The average Bonchev–Trinajstić information content (AvgIpc) is 3.13. The first kappa shape index (κ1) is 16.8. The van der Waals surface area contributed by atoms with Crippen LogP contribution in [0.2, 0.25) is 0 Å². The zero-order valence-electron chi connectivity index (χ0n) is 15.3. The lowest BCUT2D eigenvalue weighted by molar-refractivity contribution is 0.628. The van der Waals surface area contributed by atoms with Gasteiger partial charge in [-0.05, 0) is 49.2 Å². The number of anilines is 2. The number of rotatable bonds is 4. The summed E-state index contributed by atoms with van der Waals surface area (Å²) in [6.07, 6.45) is 5.12. The van der Waals surface area contributed by atoms with Gasteiger partial charge < -0.3 is 10.2 Å². The van der Waals surface area contributed by atoms with Gasteiger partial charge in [0, 0.05) is 42.5 Å². The molecule has 0 unspecified atom stereocenters. The van der Waals surface area contributed by atoms with Crippen molar-refractivity contribution in [3.63, 3.8) is 0 Å². The maximum absolute atomic E-state index is 13.6. The lowest BCUT2D eigenvalue weighted by Crippen LogP contribution is -2.14. The normalized spacial score (nSPS) is 14.7. The van der Waals surface area contributed by atoms with Crippen LogP contribution >= 0.6 is 0 Å². The Kier molecular flexibility index (Phi) is 4.49. The summed E-state index contributed by atoms with van der Waals surface area (Å²) in [5.41, 5.74) is 4.74. The van der Waals surface area contributed by atoms with Crippen molar-refractivity contribution in [3.05, 3.63) is 54.3 Å². The van der Waals surface area contributed by atoms with Gasteiger partial charge in [0.15, 0.2) is 0 Å². The molecule has 0 amide bonds. The summed E-state index contributed by atoms with van der Waals surface area (Å²) in [6, 6.07) is 15.6. The van der Waals surface area contributed by atoms with Crippen LogP contribution in [0.3, 0.4) is 0 Å². The third kappa shape index (κ3) is 3.36. The Morgan fingerprint density at radius 1 is 1.04 bits per heavy atom. The van der Waals surface area contributed by atoms with Gasteiger partial charge >= 0.3 is 0 Å². The molecule has 1 heterocycles. The zero-order valence-corrected chi connectivity index (χ0v) is 15.3. The van der Waals surface area contributed by atoms with Gasteiger partial charge in [-0.1, -0.05) is 25.0 Å². The van der Waals surface area contributed by atoms with Crippen molar-refractivity contribution in [2.24, 2.45) is 0 Å². The fraction of sp³-hybridized carbons (Fsp3) is 0.318. The van der Waals surface area contributed by atoms with E-state index in [1.54, 1.807) is 6.07 Å². The molecule has 3 aromatic rings. The quantitative estimate of drug-likeness (QED) is 0.678. The van der Waals surface area contributed by atoms with Crippen molar-refractivity contribution in [1.82, 2.24) is 4.98 Å². The molecule has 1 N–H and O–H groups in total. The first-order chi connectivity index (χ1) is 12.6. The molecule has 4 rings (SSSR count). The van der Waals surface area contributed by atoms with E-state index < -0.39 is 0 Å². The van der Waals surface area contributed by atoms with Crippen LogP contribution in [0.4, 0.5) is 15.8 Å². The number of nitrogens with zero attached hydrogens (tertiary/aromatic N) is 2. The summed E-state index contributed by atoms with van der Waals surface area (Å²) in [6.45, 7) is 0. The molecule has 1 fully saturated rings. The first-order valence-corrected chi connectivity index (χ1v) is 9.25. The molecule has 3 nitrogen and oxygen atoms in total. The number of aromatic nitrogens is 1. The van der Waals surface area contributed by atoms with Crippen LogP contribution in [-0.2, 0) is 0 Å². The summed E-state index contributed by atoms with van der Waals surface area (Å²) in [4.78, 5) is 6.87. The lowest BCUT2D eigenvalue weighted by Gasteiger charge is -2.19. The molecule has 1 aliphatic rings. The predicted octanol–water partition coefficient (Wildman–Crippen LogP) is 5.46. The molecule has 134 valence electrons. The number of hydrogen-bond acceptors (Lipinski definition) is 3. The van der Waals surface area contributed by atoms with Crippen molar-refractivity contribution in [1.29, 1.82) is 0 Å². The van der Waals surface area contributed by atoms with E-state index in [1.165, 1.54) is 37.8 Å². The molecule has 0 spiro atoms. The minimum Gasteiger partial charge on any atom is -0.382 e. The monoisotopic (exact) mass is 349 g/mol. The summed E-state index contributed by atoms with van der Waals surface area (Å²) in [5, 5.41) is 4.77. The number of halogens is 1. The Bertz CT molecular complexity index is 930. The molecule has 1 aromatic heterocycles. The van der Waals surface area contributed by atoms with Crippen LogP contribution in [0.5, 0.6) is 0 Å². The van der Waals surface area contributed by atoms with Crippen LogP contribution in [0.1, 0.15) is 25.7 Å². The smallest absolute Gasteiger partial charge is 0.123 e. The van der Waals surface area contributed by atoms with E-state index in [1.807, 2.05) is 26.2 Å². The molecule has 0 saturated heterocycles. The van der Waals surface area contributed by atoms with Gasteiger partial charge in [0.2, 0.25) is 0 Å². The molecule has 2 aromatic carbocycles. The van der Waals surface area contributed by atoms with E-state index in [0.717, 1.165) is 33.5 Å². The zero-order chi connectivity index (χ0) is 18.1. The Labute approximate surface area is 153 Å². The van der Waals surface area contributed by atoms with Gasteiger partial charge in [-0.25, -0.2) is 9.37 Å². The number of hydrogen-bond donors (Lipinski definition) is 1. The maximum Gasteiger partial charge on any atom is 0.123 e. The van der Waals surface area contributed by atoms with Crippen molar-refractivity contribution in [2.45, 2.75) is 31.7 Å². The van der Waals surface area contributed by atoms with Crippen LogP contribution < -0.4 is 10.2 Å². The first-order valence-electron chi connectivity index (χ1n) is 9.25. The van der Waals surface area contributed by atoms with Crippen molar-refractivity contribution in [2.75, 3.05) is 24.3 Å². The second kappa shape index (κ2) is 6.94. The molecular weight excluding hydrogens is 325 g/mol. The van der Waals surface area contributed by atoms with Gasteiger partial charge in [0.1, 0.15) is 5.82 Å². The Hall–Kier alpha value is -2.62. The molecule has 1 aliphatic carbocycles. The summed E-state index contributed by atoms with van der Waals surface area (Å²) in [5.74, 6) is -0.244. The van der Waals surface area contributed by atoms with Crippen molar-refractivity contribution < 1.29 is 4.39 Å². The van der Waals surface area contributed by atoms with Crippen molar-refractivity contribution >= 4 is 22.3 Å². The molecule has 0 aliphatic heterocycles. The fourth-order valence-electron chi connectivity index (χ4n) is 3.77. The third-order valence-corrected chi connectivity index (χ3v) is 5.11. The largest absolute Gasteiger partial charge is 0.382 e. The number of benzene rings is 2. The highest BCUT2D eigenvalue weighted by atomic mass is 19.1. The standard InChI is InChI=1S/C22H24FN3/c1-26(2)22-14-21(15-6-5-7-16(23)12-15)25-20-11-10-18(13-19(20)22)24-17-8-3-4-9-17/h5-7,10-14,17,24H,3-4,8-9H2,1-2H3. The minimum atomic E-state index is -0.244. The van der Waals surface area contributed by atoms with E-state index >= 15 is 0 Å². The van der Waals surface area contributed by atoms with E-state index in [4.69, 9.17) is 4.98 Å². The molecule has 0 radical (unpaired) electrons. The topological polar surface area (TPSA) is 28.2 Å². The third-order valence-electron chi connectivity index (χ3n) is 5.11.